The lowest BCUT2D eigenvalue weighted by atomic mass is 9.90. The number of nitrogens with one attached hydrogen (secondary N) is 1. The number of methoxy groups -OCH3 is 1. The van der Waals surface area contributed by atoms with Crippen LogP contribution in [-0.2, 0) is 19.1 Å². The molecule has 8 heteroatoms. The highest BCUT2D eigenvalue weighted by molar-refractivity contribution is 8.16. The molecule has 0 aromatic heterocycles. The summed E-state index contributed by atoms with van der Waals surface area (Å²) in [5.41, 5.74) is 4.14. The third-order valence-electron chi connectivity index (χ3n) is 6.00. The molecule has 3 heterocycles. The lowest BCUT2D eigenvalue weighted by Crippen LogP contribution is -2.39. The molecular formula is C24H29N3O4S. The summed E-state index contributed by atoms with van der Waals surface area (Å²) in [5.74, 6) is -0.459. The summed E-state index contributed by atoms with van der Waals surface area (Å²) in [5, 5.41) is 5.74. The number of amidine groups is 1. The van der Waals surface area contributed by atoms with E-state index in [2.05, 4.69) is 5.32 Å². The molecule has 170 valence electrons. The molecule has 32 heavy (non-hydrogen) atoms. The molecule has 1 aromatic rings. The number of carbonyl (C=O) groups is 2. The molecule has 0 radical (unpaired) electrons. The second-order valence-electron chi connectivity index (χ2n) is 8.07. The number of hydrogen-bond donors (Lipinski definition) is 1. The molecule has 2 atom stereocenters. The average molecular weight is 456 g/mol. The first-order valence-corrected chi connectivity index (χ1v) is 11.9. The smallest absolute Gasteiger partial charge is 0.338 e. The van der Waals surface area contributed by atoms with Crippen molar-refractivity contribution >= 4 is 28.8 Å². The molecule has 4 rings (SSSR count). The molecule has 0 saturated carbocycles. The molecule has 7 nitrogen and oxygen atoms in total. The van der Waals surface area contributed by atoms with Crippen molar-refractivity contribution in [3.05, 3.63) is 57.8 Å². The number of hydrogen-bond acceptors (Lipinski definition) is 7. The molecule has 1 fully saturated rings. The van der Waals surface area contributed by atoms with Crippen molar-refractivity contribution in [2.45, 2.75) is 51.7 Å². The third-order valence-corrected chi connectivity index (χ3v) is 6.89. The Morgan fingerprint density at radius 1 is 1.34 bits per heavy atom. The maximum absolute atomic E-state index is 12.9. The largest absolute Gasteiger partial charge is 0.466 e. The maximum Gasteiger partial charge on any atom is 0.338 e. The number of aryl methyl sites for hydroxylation is 1. The van der Waals surface area contributed by atoms with Crippen molar-refractivity contribution in [2.75, 3.05) is 20.3 Å². The van der Waals surface area contributed by atoms with Gasteiger partial charge in [-0.15, -0.1) is 0 Å². The van der Waals surface area contributed by atoms with Crippen molar-refractivity contribution in [3.63, 3.8) is 0 Å². The van der Waals surface area contributed by atoms with Crippen LogP contribution in [0.5, 0.6) is 0 Å². The highest BCUT2D eigenvalue weighted by Gasteiger charge is 2.41. The lowest BCUT2D eigenvalue weighted by molar-refractivity contribution is -0.136. The normalized spacial score (nSPS) is 22.4. The van der Waals surface area contributed by atoms with Gasteiger partial charge in [-0.25, -0.2) is 9.79 Å². The molecule has 0 unspecified atom stereocenters. The van der Waals surface area contributed by atoms with E-state index in [0.717, 1.165) is 47.1 Å². The second kappa shape index (κ2) is 9.92. The zero-order valence-electron chi connectivity index (χ0n) is 18.7. The first-order valence-electron chi connectivity index (χ1n) is 11.0. The molecule has 1 N–H and O–H groups in total. The SMILES string of the molecule is CCC1=C(C(=O)OC)[C@H](c2ccccc2C)N2C(CC(=O)NC[C@@H]3CCCO3)=CSC2=N1. The highest BCUT2D eigenvalue weighted by Crippen LogP contribution is 2.46. The van der Waals surface area contributed by atoms with Gasteiger partial charge < -0.3 is 19.7 Å². The van der Waals surface area contributed by atoms with Crippen LogP contribution in [0.2, 0.25) is 0 Å². The van der Waals surface area contributed by atoms with Crippen LogP contribution in [0.4, 0.5) is 0 Å². The Bertz CT molecular complexity index is 995. The fraction of sp³-hybridized carbons (Fsp3) is 0.458. The Morgan fingerprint density at radius 3 is 2.84 bits per heavy atom. The summed E-state index contributed by atoms with van der Waals surface area (Å²) in [7, 11) is 1.39. The fourth-order valence-corrected chi connectivity index (χ4v) is 5.30. The van der Waals surface area contributed by atoms with Crippen LogP contribution in [0.25, 0.3) is 0 Å². The molecule has 3 aliphatic rings. The van der Waals surface area contributed by atoms with E-state index in [0.29, 0.717) is 18.5 Å². The minimum absolute atomic E-state index is 0.0676. The summed E-state index contributed by atoms with van der Waals surface area (Å²) in [6.07, 6.45) is 2.93. The van der Waals surface area contributed by atoms with Gasteiger partial charge in [0.15, 0.2) is 5.17 Å². The van der Waals surface area contributed by atoms with Crippen molar-refractivity contribution in [1.82, 2.24) is 10.2 Å². The Hall–Kier alpha value is -2.58. The van der Waals surface area contributed by atoms with Crippen LogP contribution in [0.1, 0.15) is 49.8 Å². The Balaban J connectivity index is 1.64. The number of thioether (sulfide) groups is 1. The Labute approximate surface area is 192 Å². The summed E-state index contributed by atoms with van der Waals surface area (Å²) >= 11 is 1.49. The number of ether oxygens (including phenoxy) is 2. The molecule has 0 bridgehead atoms. The van der Waals surface area contributed by atoms with E-state index in [4.69, 9.17) is 14.5 Å². The Morgan fingerprint density at radius 2 is 2.16 bits per heavy atom. The van der Waals surface area contributed by atoms with E-state index < -0.39 is 12.0 Å². The van der Waals surface area contributed by atoms with Gasteiger partial charge in [-0.1, -0.05) is 43.0 Å². The van der Waals surface area contributed by atoms with Crippen LogP contribution in [0, 0.1) is 6.92 Å². The molecule has 0 spiro atoms. The van der Waals surface area contributed by atoms with Crippen LogP contribution >= 0.6 is 11.8 Å². The van der Waals surface area contributed by atoms with Gasteiger partial charge in [0.2, 0.25) is 5.91 Å². The molecule has 0 aliphatic carbocycles. The Kier molecular flexibility index (Phi) is 7.01. The monoisotopic (exact) mass is 455 g/mol. The predicted octanol–water partition coefficient (Wildman–Crippen LogP) is 3.82. The van der Waals surface area contributed by atoms with Crippen molar-refractivity contribution in [3.8, 4) is 0 Å². The fourth-order valence-electron chi connectivity index (χ4n) is 4.36. The number of fused-ring (bicyclic) bond motifs is 1. The second-order valence-corrected chi connectivity index (χ2v) is 8.91. The number of nitrogens with zero attached hydrogens (tertiary/aromatic N) is 2. The highest BCUT2D eigenvalue weighted by atomic mass is 32.2. The van der Waals surface area contributed by atoms with Crippen LogP contribution in [0.3, 0.4) is 0 Å². The van der Waals surface area contributed by atoms with E-state index in [1.165, 1.54) is 18.9 Å². The number of esters is 1. The van der Waals surface area contributed by atoms with Gasteiger partial charge in [0.05, 0.1) is 36.9 Å². The van der Waals surface area contributed by atoms with E-state index >= 15 is 0 Å². The van der Waals surface area contributed by atoms with Gasteiger partial charge in [0.25, 0.3) is 0 Å². The first kappa shape index (κ1) is 22.6. The summed E-state index contributed by atoms with van der Waals surface area (Å²) in [4.78, 5) is 32.4. The number of rotatable bonds is 7. The number of carbonyl (C=O) groups excluding carboxylic acids is 2. The maximum atomic E-state index is 12.9. The molecular weight excluding hydrogens is 426 g/mol. The van der Waals surface area contributed by atoms with E-state index in [9.17, 15) is 9.59 Å². The number of amides is 1. The van der Waals surface area contributed by atoms with Gasteiger partial charge in [-0.3, -0.25) is 4.79 Å². The zero-order chi connectivity index (χ0) is 22.7. The summed E-state index contributed by atoms with van der Waals surface area (Å²) in [6.45, 7) is 5.30. The predicted molar refractivity (Wildman–Crippen MR) is 125 cm³/mol. The van der Waals surface area contributed by atoms with Gasteiger partial charge in [0, 0.05) is 18.8 Å². The summed E-state index contributed by atoms with van der Waals surface area (Å²) < 4.78 is 10.8. The van der Waals surface area contributed by atoms with E-state index in [1.54, 1.807) is 0 Å². The van der Waals surface area contributed by atoms with Crippen LogP contribution in [-0.4, -0.2) is 48.3 Å². The minimum Gasteiger partial charge on any atom is -0.466 e. The van der Waals surface area contributed by atoms with Crippen LogP contribution in [0.15, 0.2) is 51.6 Å². The average Bonchev–Trinajstić information content (AvgIpc) is 3.46. The lowest BCUT2D eigenvalue weighted by Gasteiger charge is -2.37. The quantitative estimate of drug-likeness (QED) is 0.630. The minimum atomic E-state index is -0.392. The van der Waals surface area contributed by atoms with E-state index in [1.807, 2.05) is 48.4 Å². The number of benzene rings is 1. The van der Waals surface area contributed by atoms with Crippen molar-refractivity contribution in [2.24, 2.45) is 4.99 Å². The van der Waals surface area contributed by atoms with Gasteiger partial charge in [-0.05, 0) is 42.7 Å². The van der Waals surface area contributed by atoms with Gasteiger partial charge >= 0.3 is 5.97 Å². The zero-order valence-corrected chi connectivity index (χ0v) is 19.5. The van der Waals surface area contributed by atoms with Gasteiger partial charge in [0.1, 0.15) is 0 Å². The molecule has 1 amide bonds. The summed E-state index contributed by atoms with van der Waals surface area (Å²) in [6, 6.07) is 7.61. The molecule has 1 saturated heterocycles. The van der Waals surface area contributed by atoms with E-state index in [-0.39, 0.29) is 18.4 Å². The number of allylic oxidation sites excluding steroid dienone is 1. The third kappa shape index (κ3) is 4.47. The topological polar surface area (TPSA) is 80.2 Å². The molecule has 1 aromatic carbocycles. The van der Waals surface area contributed by atoms with Gasteiger partial charge in [-0.2, -0.15) is 0 Å². The number of aliphatic imine (C=N–C) groups is 1. The first-order chi connectivity index (χ1) is 15.5. The van der Waals surface area contributed by atoms with Crippen molar-refractivity contribution < 1.29 is 19.1 Å². The van der Waals surface area contributed by atoms with Crippen molar-refractivity contribution in [1.29, 1.82) is 0 Å². The standard InChI is InChI=1S/C24H29N3O4S/c1-4-19-21(23(29)30-3)22(18-10-6-5-8-15(18)2)27-16(14-32-24(27)26-19)12-20(28)25-13-17-9-7-11-31-17/h5-6,8,10,14,17,22H,4,7,9,11-13H2,1-3H3,(H,25,28)/t17-,22-/m0/s1. The molecule has 3 aliphatic heterocycles. The van der Waals surface area contributed by atoms with Crippen LogP contribution < -0.4 is 5.32 Å².